The summed E-state index contributed by atoms with van der Waals surface area (Å²) in [7, 11) is 2.02. The molecule has 3 rings (SSSR count). The van der Waals surface area contributed by atoms with Crippen LogP contribution in [-0.4, -0.2) is 18.6 Å². The lowest BCUT2D eigenvalue weighted by Gasteiger charge is -2.09. The standard InChI is InChI=1S/C12H13BrN2S2/c1-14-7-12(4-5-12)11-15-8(6-16-11)9-2-3-10(13)17-9/h2-3,6,14H,4-5,7H2,1H3. The number of aromatic nitrogens is 1. The Balaban J connectivity index is 1.88. The largest absolute Gasteiger partial charge is 0.319 e. The minimum absolute atomic E-state index is 0.339. The van der Waals surface area contributed by atoms with Gasteiger partial charge in [0.15, 0.2) is 0 Å². The number of halogens is 1. The number of thiophene rings is 1. The van der Waals surface area contributed by atoms with E-state index in [2.05, 4.69) is 38.8 Å². The predicted molar refractivity (Wildman–Crippen MR) is 78.0 cm³/mol. The number of likely N-dealkylation sites (N-methyl/N-ethyl adjacent to an activating group) is 1. The minimum atomic E-state index is 0.339. The molecule has 2 nitrogen and oxygen atoms in total. The third kappa shape index (κ3) is 2.21. The number of hydrogen-bond donors (Lipinski definition) is 1. The van der Waals surface area contributed by atoms with Crippen molar-refractivity contribution in [1.82, 2.24) is 10.3 Å². The summed E-state index contributed by atoms with van der Waals surface area (Å²) >= 11 is 7.04. The zero-order valence-electron chi connectivity index (χ0n) is 9.50. The molecular weight excluding hydrogens is 316 g/mol. The van der Waals surface area contributed by atoms with Gasteiger partial charge in [0.2, 0.25) is 0 Å². The lowest BCUT2D eigenvalue weighted by Crippen LogP contribution is -2.23. The maximum atomic E-state index is 4.81. The van der Waals surface area contributed by atoms with Crippen molar-refractivity contribution < 1.29 is 0 Å². The molecule has 1 aliphatic carbocycles. The Kier molecular flexibility index (Phi) is 3.11. The Morgan fingerprint density at radius 2 is 2.29 bits per heavy atom. The van der Waals surface area contributed by atoms with E-state index in [4.69, 9.17) is 4.98 Å². The molecule has 0 unspecified atom stereocenters. The highest BCUT2D eigenvalue weighted by atomic mass is 79.9. The van der Waals surface area contributed by atoms with Crippen LogP contribution in [0.1, 0.15) is 17.8 Å². The van der Waals surface area contributed by atoms with Crippen LogP contribution >= 0.6 is 38.6 Å². The summed E-state index contributed by atoms with van der Waals surface area (Å²) in [4.78, 5) is 6.06. The van der Waals surface area contributed by atoms with Crippen LogP contribution in [0.4, 0.5) is 0 Å². The SMILES string of the molecule is CNCC1(c2nc(-c3ccc(Br)s3)cs2)CC1. The Morgan fingerprint density at radius 3 is 2.88 bits per heavy atom. The van der Waals surface area contributed by atoms with E-state index in [9.17, 15) is 0 Å². The van der Waals surface area contributed by atoms with Gasteiger partial charge in [-0.15, -0.1) is 22.7 Å². The first-order valence-electron chi connectivity index (χ1n) is 5.60. The summed E-state index contributed by atoms with van der Waals surface area (Å²) in [6, 6.07) is 4.21. The monoisotopic (exact) mass is 328 g/mol. The highest BCUT2D eigenvalue weighted by Gasteiger charge is 2.46. The van der Waals surface area contributed by atoms with Gasteiger partial charge in [0.05, 0.1) is 14.4 Å². The van der Waals surface area contributed by atoms with Crippen molar-refractivity contribution in [3.63, 3.8) is 0 Å². The van der Waals surface area contributed by atoms with Crippen molar-refractivity contribution in [2.45, 2.75) is 18.3 Å². The Morgan fingerprint density at radius 1 is 1.47 bits per heavy atom. The normalized spacial score (nSPS) is 17.3. The van der Waals surface area contributed by atoms with E-state index in [1.165, 1.54) is 26.5 Å². The first-order valence-corrected chi connectivity index (χ1v) is 8.09. The highest BCUT2D eigenvalue weighted by Crippen LogP contribution is 2.49. The number of nitrogens with zero attached hydrogens (tertiary/aromatic N) is 1. The van der Waals surface area contributed by atoms with E-state index >= 15 is 0 Å². The minimum Gasteiger partial charge on any atom is -0.319 e. The zero-order chi connectivity index (χ0) is 11.9. The van der Waals surface area contributed by atoms with Gasteiger partial charge in [-0.3, -0.25) is 0 Å². The van der Waals surface area contributed by atoms with Crippen LogP contribution in [0.25, 0.3) is 10.6 Å². The van der Waals surface area contributed by atoms with Gasteiger partial charge in [0.1, 0.15) is 5.01 Å². The quantitative estimate of drug-likeness (QED) is 0.921. The average Bonchev–Trinajstić information content (AvgIpc) is 2.79. The van der Waals surface area contributed by atoms with Crippen molar-refractivity contribution in [2.24, 2.45) is 0 Å². The molecule has 90 valence electrons. The van der Waals surface area contributed by atoms with E-state index in [1.807, 2.05) is 7.05 Å². The predicted octanol–water partition coefficient (Wildman–Crippen LogP) is 3.89. The van der Waals surface area contributed by atoms with Gasteiger partial charge < -0.3 is 5.32 Å². The fraction of sp³-hybridized carbons (Fsp3) is 0.417. The summed E-state index contributed by atoms with van der Waals surface area (Å²) in [5.41, 5.74) is 1.47. The lowest BCUT2D eigenvalue weighted by atomic mass is 10.1. The van der Waals surface area contributed by atoms with Crippen molar-refractivity contribution in [3.8, 4) is 10.6 Å². The average molecular weight is 329 g/mol. The second-order valence-corrected chi connectivity index (χ2v) is 7.77. The Hall–Kier alpha value is -0.230. The smallest absolute Gasteiger partial charge is 0.101 e. The number of nitrogens with one attached hydrogen (secondary N) is 1. The number of rotatable bonds is 4. The molecule has 0 amide bonds. The van der Waals surface area contributed by atoms with E-state index < -0.39 is 0 Å². The maximum absolute atomic E-state index is 4.81. The molecule has 1 aliphatic rings. The first-order chi connectivity index (χ1) is 8.23. The van der Waals surface area contributed by atoms with Crippen LogP contribution in [-0.2, 0) is 5.41 Å². The molecule has 0 atom stereocenters. The molecule has 0 saturated heterocycles. The van der Waals surface area contributed by atoms with Gasteiger partial charge in [0, 0.05) is 17.3 Å². The van der Waals surface area contributed by atoms with Gasteiger partial charge in [-0.25, -0.2) is 4.98 Å². The summed E-state index contributed by atoms with van der Waals surface area (Å²) in [5, 5.41) is 6.77. The molecule has 1 saturated carbocycles. The molecular formula is C12H13BrN2S2. The van der Waals surface area contributed by atoms with Gasteiger partial charge in [-0.05, 0) is 48.0 Å². The van der Waals surface area contributed by atoms with Crippen LogP contribution in [0.5, 0.6) is 0 Å². The first kappa shape index (κ1) is 11.8. The summed E-state index contributed by atoms with van der Waals surface area (Å²) in [5.74, 6) is 0. The van der Waals surface area contributed by atoms with Crippen molar-refractivity contribution in [1.29, 1.82) is 0 Å². The molecule has 1 N–H and O–H groups in total. The molecule has 0 radical (unpaired) electrons. The van der Waals surface area contributed by atoms with Crippen LogP contribution < -0.4 is 5.32 Å². The molecule has 5 heteroatoms. The van der Waals surface area contributed by atoms with Gasteiger partial charge >= 0.3 is 0 Å². The second-order valence-electron chi connectivity index (χ2n) is 4.45. The molecule has 2 heterocycles. The fourth-order valence-corrected chi connectivity index (χ4v) is 4.54. The van der Waals surface area contributed by atoms with E-state index in [0.717, 1.165) is 12.2 Å². The Labute approximate surface area is 117 Å². The molecule has 0 bridgehead atoms. The second kappa shape index (κ2) is 4.46. The maximum Gasteiger partial charge on any atom is 0.101 e. The lowest BCUT2D eigenvalue weighted by molar-refractivity contribution is 0.621. The fourth-order valence-electron chi connectivity index (χ4n) is 2.04. The molecule has 2 aromatic rings. The third-order valence-electron chi connectivity index (χ3n) is 3.15. The van der Waals surface area contributed by atoms with Crippen LogP contribution in [0.3, 0.4) is 0 Å². The summed E-state index contributed by atoms with van der Waals surface area (Å²) in [6.45, 7) is 1.05. The van der Waals surface area contributed by atoms with Crippen molar-refractivity contribution >= 4 is 38.6 Å². The Bertz CT molecular complexity index is 528. The van der Waals surface area contributed by atoms with Crippen LogP contribution in [0.2, 0.25) is 0 Å². The van der Waals surface area contributed by atoms with Crippen molar-refractivity contribution in [3.05, 3.63) is 26.3 Å². The number of thiazole rings is 1. The number of hydrogen-bond acceptors (Lipinski definition) is 4. The van der Waals surface area contributed by atoms with E-state index in [0.29, 0.717) is 5.41 Å². The summed E-state index contributed by atoms with van der Waals surface area (Å²) in [6.07, 6.45) is 2.55. The summed E-state index contributed by atoms with van der Waals surface area (Å²) < 4.78 is 1.17. The van der Waals surface area contributed by atoms with E-state index in [-0.39, 0.29) is 0 Å². The topological polar surface area (TPSA) is 24.9 Å². The third-order valence-corrected chi connectivity index (χ3v) is 5.89. The van der Waals surface area contributed by atoms with Crippen LogP contribution in [0.15, 0.2) is 21.3 Å². The molecule has 17 heavy (non-hydrogen) atoms. The molecule has 0 spiro atoms. The van der Waals surface area contributed by atoms with Crippen molar-refractivity contribution in [2.75, 3.05) is 13.6 Å². The molecule has 1 fully saturated rings. The highest BCUT2D eigenvalue weighted by molar-refractivity contribution is 9.11. The molecule has 0 aliphatic heterocycles. The van der Waals surface area contributed by atoms with Gasteiger partial charge in [-0.1, -0.05) is 0 Å². The van der Waals surface area contributed by atoms with Gasteiger partial charge in [0.25, 0.3) is 0 Å². The van der Waals surface area contributed by atoms with Crippen LogP contribution in [0, 0.1) is 0 Å². The molecule has 0 aromatic carbocycles. The molecule has 2 aromatic heterocycles. The van der Waals surface area contributed by atoms with Gasteiger partial charge in [-0.2, -0.15) is 0 Å². The van der Waals surface area contributed by atoms with E-state index in [1.54, 1.807) is 22.7 Å². The zero-order valence-corrected chi connectivity index (χ0v) is 12.7.